The van der Waals surface area contributed by atoms with Gasteiger partial charge in [-0.2, -0.15) is 5.26 Å². The smallest absolute Gasteiger partial charge is 0.338 e. The second-order valence-electron chi connectivity index (χ2n) is 4.47. The van der Waals surface area contributed by atoms with Gasteiger partial charge >= 0.3 is 5.97 Å². The number of nitriles is 1. The van der Waals surface area contributed by atoms with Crippen molar-refractivity contribution in [2.45, 2.75) is 6.54 Å². The third kappa shape index (κ3) is 3.15. The Morgan fingerprint density at radius 1 is 1.48 bits per heavy atom. The lowest BCUT2D eigenvalue weighted by atomic mass is 10.1. The van der Waals surface area contributed by atoms with E-state index in [2.05, 4.69) is 4.98 Å². The van der Waals surface area contributed by atoms with E-state index < -0.39 is 17.3 Å². The van der Waals surface area contributed by atoms with Crippen molar-refractivity contribution in [2.24, 2.45) is 0 Å². The van der Waals surface area contributed by atoms with Crippen LogP contribution in [0.15, 0.2) is 36.5 Å². The Balaban J connectivity index is 2.28. The highest BCUT2D eigenvalue weighted by Gasteiger charge is 2.17. The molecular weight excluding hydrogens is 273 g/mol. The molecular formula is C15H12FN3O2. The van der Waals surface area contributed by atoms with Crippen LogP contribution >= 0.6 is 0 Å². The van der Waals surface area contributed by atoms with Crippen molar-refractivity contribution in [3.8, 4) is 6.07 Å². The fraction of sp³-hybridized carbons (Fsp3) is 0.133. The number of carboxylic acid groups (broad SMARTS) is 1. The monoisotopic (exact) mass is 285 g/mol. The van der Waals surface area contributed by atoms with Gasteiger partial charge < -0.3 is 10.0 Å². The topological polar surface area (TPSA) is 77.2 Å². The number of hydrogen-bond donors (Lipinski definition) is 1. The summed E-state index contributed by atoms with van der Waals surface area (Å²) in [5, 5.41) is 17.8. The summed E-state index contributed by atoms with van der Waals surface area (Å²) in [5.74, 6) is -2.25. The maximum absolute atomic E-state index is 14.1. The van der Waals surface area contributed by atoms with Crippen molar-refractivity contribution in [2.75, 3.05) is 11.9 Å². The standard InChI is InChI=1S/C15H12FN3O2/c1-19(9-11-4-2-3-10(7-11)8-17)14-13(16)12(15(20)21)5-6-18-14/h2-7H,9H2,1H3,(H,20,21). The van der Waals surface area contributed by atoms with Gasteiger partial charge in [-0.25, -0.2) is 14.2 Å². The number of nitrogens with zero attached hydrogens (tertiary/aromatic N) is 3. The van der Waals surface area contributed by atoms with E-state index in [-0.39, 0.29) is 5.82 Å². The van der Waals surface area contributed by atoms with Crippen molar-refractivity contribution in [1.82, 2.24) is 4.98 Å². The van der Waals surface area contributed by atoms with E-state index in [0.29, 0.717) is 12.1 Å². The molecule has 0 aliphatic carbocycles. The first kappa shape index (κ1) is 14.5. The lowest BCUT2D eigenvalue weighted by molar-refractivity contribution is 0.0692. The second kappa shape index (κ2) is 6.01. The van der Waals surface area contributed by atoms with Crippen LogP contribution in [0.4, 0.5) is 10.2 Å². The molecule has 6 heteroatoms. The Morgan fingerprint density at radius 3 is 2.90 bits per heavy atom. The molecule has 0 aliphatic rings. The molecule has 0 unspecified atom stereocenters. The van der Waals surface area contributed by atoms with Gasteiger partial charge in [0.1, 0.15) is 5.56 Å². The average molecular weight is 285 g/mol. The van der Waals surface area contributed by atoms with Gasteiger partial charge in [0, 0.05) is 19.8 Å². The largest absolute Gasteiger partial charge is 0.478 e. The predicted octanol–water partition coefficient (Wildman–Crippen LogP) is 2.43. The summed E-state index contributed by atoms with van der Waals surface area (Å²) in [7, 11) is 1.61. The third-order valence-electron chi connectivity index (χ3n) is 2.94. The van der Waals surface area contributed by atoms with Gasteiger partial charge in [0.2, 0.25) is 0 Å². The lowest BCUT2D eigenvalue weighted by Crippen LogP contribution is -2.20. The van der Waals surface area contributed by atoms with Crippen LogP contribution < -0.4 is 4.90 Å². The minimum atomic E-state index is -1.34. The minimum Gasteiger partial charge on any atom is -0.478 e. The van der Waals surface area contributed by atoms with Crippen molar-refractivity contribution >= 4 is 11.8 Å². The van der Waals surface area contributed by atoms with Gasteiger partial charge in [0.25, 0.3) is 0 Å². The number of benzene rings is 1. The number of aromatic carboxylic acids is 1. The molecule has 1 aromatic heterocycles. The van der Waals surface area contributed by atoms with Gasteiger partial charge in [-0.1, -0.05) is 12.1 Å². The molecule has 0 fully saturated rings. The SMILES string of the molecule is CN(Cc1cccc(C#N)c1)c1nccc(C(=O)O)c1F. The number of rotatable bonds is 4. The first-order valence-electron chi connectivity index (χ1n) is 6.11. The first-order chi connectivity index (χ1) is 10.0. The van der Waals surface area contributed by atoms with Gasteiger partial charge in [-0.3, -0.25) is 0 Å². The van der Waals surface area contributed by atoms with Crippen molar-refractivity contribution < 1.29 is 14.3 Å². The molecule has 0 saturated carbocycles. The lowest BCUT2D eigenvalue weighted by Gasteiger charge is -2.19. The summed E-state index contributed by atoms with van der Waals surface area (Å²) in [4.78, 5) is 16.3. The van der Waals surface area contributed by atoms with Gasteiger partial charge in [-0.05, 0) is 23.8 Å². The van der Waals surface area contributed by atoms with Crippen LogP contribution in [0.2, 0.25) is 0 Å². The zero-order valence-corrected chi connectivity index (χ0v) is 11.2. The van der Waals surface area contributed by atoms with E-state index in [4.69, 9.17) is 10.4 Å². The molecule has 2 aromatic rings. The first-order valence-corrected chi connectivity index (χ1v) is 6.11. The molecule has 0 aliphatic heterocycles. The summed E-state index contributed by atoms with van der Waals surface area (Å²) in [6.07, 6.45) is 1.25. The van der Waals surface area contributed by atoms with E-state index in [1.807, 2.05) is 6.07 Å². The summed E-state index contributed by atoms with van der Waals surface area (Å²) in [5.41, 5.74) is 0.893. The van der Waals surface area contributed by atoms with E-state index in [0.717, 1.165) is 11.6 Å². The van der Waals surface area contributed by atoms with Crippen LogP contribution in [0.25, 0.3) is 0 Å². The molecule has 5 nitrogen and oxygen atoms in total. The quantitative estimate of drug-likeness (QED) is 0.933. The summed E-state index contributed by atoms with van der Waals surface area (Å²) in [6, 6.07) is 10.0. The van der Waals surface area contributed by atoms with Crippen LogP contribution in [0.1, 0.15) is 21.5 Å². The van der Waals surface area contributed by atoms with Crippen molar-refractivity contribution in [3.63, 3.8) is 0 Å². The van der Waals surface area contributed by atoms with Gasteiger partial charge in [0.05, 0.1) is 11.6 Å². The molecule has 0 spiro atoms. The third-order valence-corrected chi connectivity index (χ3v) is 2.94. The molecule has 0 amide bonds. The zero-order chi connectivity index (χ0) is 15.4. The van der Waals surface area contributed by atoms with E-state index in [1.54, 1.807) is 31.3 Å². The van der Waals surface area contributed by atoms with E-state index >= 15 is 0 Å². The molecule has 0 atom stereocenters. The van der Waals surface area contributed by atoms with Crippen LogP contribution in [-0.2, 0) is 6.54 Å². The van der Waals surface area contributed by atoms with Crippen LogP contribution in [-0.4, -0.2) is 23.1 Å². The highest BCUT2D eigenvalue weighted by molar-refractivity contribution is 5.88. The predicted molar refractivity (Wildman–Crippen MR) is 74.4 cm³/mol. The number of hydrogen-bond acceptors (Lipinski definition) is 4. The number of pyridine rings is 1. The van der Waals surface area contributed by atoms with Crippen molar-refractivity contribution in [3.05, 3.63) is 59.0 Å². The molecule has 1 heterocycles. The van der Waals surface area contributed by atoms with Gasteiger partial charge in [-0.15, -0.1) is 0 Å². The zero-order valence-electron chi connectivity index (χ0n) is 11.2. The maximum Gasteiger partial charge on any atom is 0.338 e. The Morgan fingerprint density at radius 2 is 2.24 bits per heavy atom. The molecule has 1 aromatic carbocycles. The van der Waals surface area contributed by atoms with Gasteiger partial charge in [0.15, 0.2) is 11.6 Å². The number of carbonyl (C=O) groups is 1. The molecule has 0 saturated heterocycles. The maximum atomic E-state index is 14.1. The average Bonchev–Trinajstić information content (AvgIpc) is 2.47. The normalized spacial score (nSPS) is 9.95. The summed E-state index contributed by atoms with van der Waals surface area (Å²) in [6.45, 7) is 0.308. The Bertz CT molecular complexity index is 725. The fourth-order valence-corrected chi connectivity index (χ4v) is 1.95. The molecule has 0 radical (unpaired) electrons. The Labute approximate surface area is 120 Å². The second-order valence-corrected chi connectivity index (χ2v) is 4.47. The van der Waals surface area contributed by atoms with Crippen molar-refractivity contribution in [1.29, 1.82) is 5.26 Å². The highest BCUT2D eigenvalue weighted by Crippen LogP contribution is 2.20. The summed E-state index contributed by atoms with van der Waals surface area (Å²) >= 11 is 0. The number of aromatic nitrogens is 1. The number of carboxylic acids is 1. The van der Waals surface area contributed by atoms with E-state index in [1.165, 1.54) is 11.1 Å². The fourth-order valence-electron chi connectivity index (χ4n) is 1.95. The van der Waals surface area contributed by atoms with Crippen LogP contribution in [0.5, 0.6) is 0 Å². The molecule has 1 N–H and O–H groups in total. The summed E-state index contributed by atoms with van der Waals surface area (Å²) < 4.78 is 14.1. The Kier molecular flexibility index (Phi) is 4.14. The van der Waals surface area contributed by atoms with E-state index in [9.17, 15) is 9.18 Å². The number of halogens is 1. The minimum absolute atomic E-state index is 0.0442. The highest BCUT2D eigenvalue weighted by atomic mass is 19.1. The van der Waals surface area contributed by atoms with Crippen LogP contribution in [0, 0.1) is 17.1 Å². The molecule has 21 heavy (non-hydrogen) atoms. The molecule has 2 rings (SSSR count). The number of anilines is 1. The Hall–Kier alpha value is -2.94. The molecule has 106 valence electrons. The molecule has 0 bridgehead atoms. The van der Waals surface area contributed by atoms with Crippen LogP contribution in [0.3, 0.4) is 0 Å².